The van der Waals surface area contributed by atoms with Gasteiger partial charge in [-0.1, -0.05) is 36.4 Å². The van der Waals surface area contributed by atoms with Gasteiger partial charge in [-0.3, -0.25) is 10.1 Å². The van der Waals surface area contributed by atoms with E-state index in [1.165, 1.54) is 18.2 Å². The topological polar surface area (TPSA) is 120 Å². The van der Waals surface area contributed by atoms with Crippen molar-refractivity contribution in [2.45, 2.75) is 25.1 Å². The molecule has 0 aromatic heterocycles. The molecule has 3 rings (SSSR count). The van der Waals surface area contributed by atoms with Crippen LogP contribution in [-0.2, 0) is 16.9 Å². The number of nitrogens with one attached hydrogen (secondary N) is 4. The highest BCUT2D eigenvalue weighted by atomic mass is 19.1. The molecule has 1 fully saturated rings. The molecule has 0 bridgehead atoms. The van der Waals surface area contributed by atoms with Crippen LogP contribution in [0.25, 0.3) is 0 Å². The van der Waals surface area contributed by atoms with Crippen LogP contribution in [-0.4, -0.2) is 29.6 Å². The predicted molar refractivity (Wildman–Crippen MR) is 102 cm³/mol. The second kappa shape index (κ2) is 8.27. The molecule has 29 heavy (non-hydrogen) atoms. The second-order valence-corrected chi connectivity index (χ2v) is 6.87. The highest BCUT2D eigenvalue weighted by molar-refractivity contribution is 6.07. The van der Waals surface area contributed by atoms with Crippen LogP contribution in [0, 0.1) is 5.82 Å². The fourth-order valence-corrected chi connectivity index (χ4v) is 3.00. The number of halogens is 1. The monoisotopic (exact) mass is 400 g/mol. The van der Waals surface area contributed by atoms with Gasteiger partial charge in [0, 0.05) is 13.1 Å². The van der Waals surface area contributed by atoms with Crippen molar-refractivity contribution in [1.29, 1.82) is 0 Å². The van der Waals surface area contributed by atoms with E-state index >= 15 is 0 Å². The summed E-state index contributed by atoms with van der Waals surface area (Å²) in [7, 11) is 0. The molecule has 0 radical (unpaired) electrons. The van der Waals surface area contributed by atoms with Gasteiger partial charge in [0.05, 0.1) is 6.10 Å². The van der Waals surface area contributed by atoms with E-state index in [0.29, 0.717) is 11.1 Å². The van der Waals surface area contributed by atoms with E-state index in [9.17, 15) is 23.9 Å². The average molecular weight is 400 g/mol. The smallest absolute Gasteiger partial charge is 0.322 e. The van der Waals surface area contributed by atoms with Gasteiger partial charge in [0.2, 0.25) is 0 Å². The molecule has 0 aliphatic carbocycles. The summed E-state index contributed by atoms with van der Waals surface area (Å²) >= 11 is 0. The average Bonchev–Trinajstić information content (AvgIpc) is 2.97. The minimum absolute atomic E-state index is 0.0837. The van der Waals surface area contributed by atoms with Crippen molar-refractivity contribution in [1.82, 2.24) is 21.3 Å². The summed E-state index contributed by atoms with van der Waals surface area (Å²) < 4.78 is 13.2. The molecule has 1 saturated heterocycles. The number of carbonyl (C=O) groups excluding carboxylic acids is 3. The molecule has 1 heterocycles. The van der Waals surface area contributed by atoms with Crippen molar-refractivity contribution >= 4 is 18.0 Å². The first kappa shape index (κ1) is 20.3. The van der Waals surface area contributed by atoms with Crippen molar-refractivity contribution in [2.75, 3.05) is 6.54 Å². The lowest BCUT2D eigenvalue weighted by molar-refractivity contribution is -0.123. The van der Waals surface area contributed by atoms with Gasteiger partial charge in [-0.05, 0) is 35.7 Å². The van der Waals surface area contributed by atoms with Crippen LogP contribution >= 0.6 is 0 Å². The Hall–Kier alpha value is -3.46. The lowest BCUT2D eigenvalue weighted by Gasteiger charge is -2.21. The van der Waals surface area contributed by atoms with Crippen LogP contribution in [0.2, 0.25) is 0 Å². The Balaban J connectivity index is 1.54. The first-order chi connectivity index (χ1) is 13.8. The number of aliphatic hydroxyl groups excluding tert-OH is 1. The van der Waals surface area contributed by atoms with E-state index < -0.39 is 35.4 Å². The Morgan fingerprint density at radius 2 is 1.93 bits per heavy atom. The third-order valence-corrected chi connectivity index (χ3v) is 4.69. The number of carbonyl (C=O) groups is 3. The van der Waals surface area contributed by atoms with Gasteiger partial charge in [0.15, 0.2) is 0 Å². The van der Waals surface area contributed by atoms with Crippen LogP contribution in [0.1, 0.15) is 29.7 Å². The first-order valence-corrected chi connectivity index (χ1v) is 8.96. The molecule has 152 valence electrons. The second-order valence-electron chi connectivity index (χ2n) is 6.87. The molecule has 8 nitrogen and oxygen atoms in total. The largest absolute Gasteiger partial charge is 0.387 e. The van der Waals surface area contributed by atoms with E-state index in [2.05, 4.69) is 21.3 Å². The molecule has 5 N–H and O–H groups in total. The molecule has 5 amide bonds. The Morgan fingerprint density at radius 3 is 2.62 bits per heavy atom. The Labute approximate surface area is 166 Å². The van der Waals surface area contributed by atoms with E-state index in [-0.39, 0.29) is 13.1 Å². The number of hydrogen-bond acceptors (Lipinski definition) is 4. The number of urea groups is 2. The SMILES string of the molecule is CC1(c2cccc(CNC(=O)NCC(O)c3cccc(F)c3)c2)NC(=O)NC1=O. The molecule has 2 unspecified atom stereocenters. The Bertz CT molecular complexity index is 952. The molecular formula is C20H21FN4O4. The minimum Gasteiger partial charge on any atom is -0.387 e. The quantitative estimate of drug-likeness (QED) is 0.471. The van der Waals surface area contributed by atoms with Crippen molar-refractivity contribution in [3.8, 4) is 0 Å². The molecule has 1 aliphatic rings. The van der Waals surface area contributed by atoms with Gasteiger partial charge in [-0.15, -0.1) is 0 Å². The maximum atomic E-state index is 13.2. The van der Waals surface area contributed by atoms with E-state index in [4.69, 9.17) is 0 Å². The van der Waals surface area contributed by atoms with Gasteiger partial charge in [0.1, 0.15) is 11.4 Å². The van der Waals surface area contributed by atoms with Crippen molar-refractivity contribution in [3.63, 3.8) is 0 Å². The lowest BCUT2D eigenvalue weighted by Crippen LogP contribution is -2.40. The van der Waals surface area contributed by atoms with Crippen molar-refractivity contribution in [3.05, 3.63) is 71.0 Å². The number of benzene rings is 2. The summed E-state index contributed by atoms with van der Waals surface area (Å²) in [5, 5.41) is 20.0. The summed E-state index contributed by atoms with van der Waals surface area (Å²) in [5.41, 5.74) is 0.494. The third-order valence-electron chi connectivity index (χ3n) is 4.69. The van der Waals surface area contributed by atoms with Crippen LogP contribution in [0.4, 0.5) is 14.0 Å². The van der Waals surface area contributed by atoms with Crippen LogP contribution in [0.5, 0.6) is 0 Å². The molecule has 0 spiro atoms. The third kappa shape index (κ3) is 4.69. The molecular weight excluding hydrogens is 379 g/mol. The van der Waals surface area contributed by atoms with Gasteiger partial charge in [-0.2, -0.15) is 0 Å². The molecule has 9 heteroatoms. The zero-order chi connectivity index (χ0) is 21.0. The molecule has 2 aromatic rings. The van der Waals surface area contributed by atoms with E-state index in [1.807, 2.05) is 0 Å². The van der Waals surface area contributed by atoms with Gasteiger partial charge in [0.25, 0.3) is 5.91 Å². The fourth-order valence-electron chi connectivity index (χ4n) is 3.00. The lowest BCUT2D eigenvalue weighted by atomic mass is 9.91. The highest BCUT2D eigenvalue weighted by Gasteiger charge is 2.43. The molecule has 1 aliphatic heterocycles. The van der Waals surface area contributed by atoms with Gasteiger partial charge >= 0.3 is 12.1 Å². The predicted octanol–water partition coefficient (Wildman–Crippen LogP) is 1.41. The van der Waals surface area contributed by atoms with Crippen LogP contribution in [0.3, 0.4) is 0 Å². The van der Waals surface area contributed by atoms with E-state index in [1.54, 1.807) is 37.3 Å². The zero-order valence-electron chi connectivity index (χ0n) is 15.7. The van der Waals surface area contributed by atoms with Crippen LogP contribution in [0.15, 0.2) is 48.5 Å². The summed E-state index contributed by atoms with van der Waals surface area (Å²) in [5.74, 6) is -0.914. The van der Waals surface area contributed by atoms with Gasteiger partial charge in [-0.25, -0.2) is 14.0 Å². The molecule has 2 atom stereocenters. The maximum absolute atomic E-state index is 13.2. The number of imide groups is 1. The highest BCUT2D eigenvalue weighted by Crippen LogP contribution is 2.25. The number of aliphatic hydroxyl groups is 1. The summed E-state index contributed by atoms with van der Waals surface area (Å²) in [6, 6.07) is 11.4. The van der Waals surface area contributed by atoms with Crippen LogP contribution < -0.4 is 21.3 Å². The van der Waals surface area contributed by atoms with Crippen molar-refractivity contribution < 1.29 is 23.9 Å². The number of hydrogen-bond donors (Lipinski definition) is 5. The standard InChI is InChI=1S/C20H21FN4O4/c1-20(17(27)24-19(29)25-20)14-6-2-4-12(8-14)10-22-18(28)23-11-16(26)13-5-3-7-15(21)9-13/h2-9,16,26H,10-11H2,1H3,(H2,22,23,28)(H2,24,25,27,29). The first-order valence-electron chi connectivity index (χ1n) is 8.96. The molecule has 2 aromatic carbocycles. The van der Waals surface area contributed by atoms with E-state index in [0.717, 1.165) is 5.56 Å². The van der Waals surface area contributed by atoms with Crippen molar-refractivity contribution in [2.24, 2.45) is 0 Å². The fraction of sp³-hybridized carbons (Fsp3) is 0.250. The summed E-state index contributed by atoms with van der Waals surface area (Å²) in [4.78, 5) is 35.5. The Morgan fingerprint density at radius 1 is 1.17 bits per heavy atom. The maximum Gasteiger partial charge on any atom is 0.322 e. The number of rotatable bonds is 6. The summed E-state index contributed by atoms with van der Waals surface area (Å²) in [6.07, 6.45) is -1.04. The molecule has 0 saturated carbocycles. The minimum atomic E-state index is -1.18. The normalized spacial score (nSPS) is 19.3. The number of amides is 5. The van der Waals surface area contributed by atoms with Gasteiger partial charge < -0.3 is 21.1 Å². The Kier molecular flexibility index (Phi) is 5.79. The zero-order valence-corrected chi connectivity index (χ0v) is 15.7. The summed E-state index contributed by atoms with van der Waals surface area (Å²) in [6.45, 7) is 1.68.